The average Bonchev–Trinajstić information content (AvgIpc) is 2.36. The Morgan fingerprint density at radius 2 is 2.22 bits per heavy atom. The lowest BCUT2D eigenvalue weighted by atomic mass is 10.3. The molecule has 0 aromatic carbocycles. The zero-order valence-corrected chi connectivity index (χ0v) is 11.9. The van der Waals surface area contributed by atoms with Gasteiger partial charge in [-0.2, -0.15) is 0 Å². The zero-order valence-electron chi connectivity index (χ0n) is 11.9. The summed E-state index contributed by atoms with van der Waals surface area (Å²) in [6.07, 6.45) is 3.23. The second-order valence-electron chi connectivity index (χ2n) is 4.67. The molecule has 0 unspecified atom stereocenters. The van der Waals surface area contributed by atoms with Crippen molar-refractivity contribution >= 4 is 11.5 Å². The first-order valence-corrected chi connectivity index (χ1v) is 6.66. The summed E-state index contributed by atoms with van der Waals surface area (Å²) in [5.41, 5.74) is 1.16. The topological polar surface area (TPSA) is 37.4 Å². The van der Waals surface area contributed by atoms with Gasteiger partial charge in [0.15, 0.2) is 0 Å². The van der Waals surface area contributed by atoms with Crippen molar-refractivity contribution in [2.45, 2.75) is 33.3 Å². The molecule has 18 heavy (non-hydrogen) atoms. The first kappa shape index (κ1) is 14.8. The molecule has 0 aliphatic carbocycles. The summed E-state index contributed by atoms with van der Waals surface area (Å²) < 4.78 is 5.56. The number of hydrogen-bond donors (Lipinski definition) is 1. The summed E-state index contributed by atoms with van der Waals surface area (Å²) >= 11 is 0. The predicted molar refractivity (Wildman–Crippen MR) is 77.4 cm³/mol. The SMILES string of the molecule is CCCNc1cc(N(C)CCOC(C)C)ccn1. The van der Waals surface area contributed by atoms with E-state index in [1.807, 2.05) is 12.3 Å². The second-order valence-corrected chi connectivity index (χ2v) is 4.67. The largest absolute Gasteiger partial charge is 0.377 e. The van der Waals surface area contributed by atoms with Gasteiger partial charge in [-0.25, -0.2) is 4.98 Å². The standard InChI is InChI=1S/C14H25N3O/c1-5-7-15-14-11-13(6-8-16-14)17(4)9-10-18-12(2)3/h6,8,11-12H,5,7,9-10H2,1-4H3,(H,15,16). The third-order valence-electron chi connectivity index (χ3n) is 2.62. The normalized spacial score (nSPS) is 10.7. The van der Waals surface area contributed by atoms with E-state index in [0.717, 1.165) is 37.6 Å². The number of aromatic nitrogens is 1. The Morgan fingerprint density at radius 1 is 1.44 bits per heavy atom. The molecular weight excluding hydrogens is 226 g/mol. The van der Waals surface area contributed by atoms with E-state index in [2.05, 4.69) is 49.1 Å². The zero-order chi connectivity index (χ0) is 13.4. The van der Waals surface area contributed by atoms with Crippen molar-refractivity contribution in [3.8, 4) is 0 Å². The van der Waals surface area contributed by atoms with Gasteiger partial charge in [0, 0.05) is 38.1 Å². The molecule has 0 saturated carbocycles. The van der Waals surface area contributed by atoms with Crippen LogP contribution in [-0.4, -0.2) is 37.8 Å². The van der Waals surface area contributed by atoms with E-state index >= 15 is 0 Å². The Kier molecular flexibility index (Phi) is 6.50. The molecule has 0 bridgehead atoms. The summed E-state index contributed by atoms with van der Waals surface area (Å²) in [7, 11) is 2.07. The summed E-state index contributed by atoms with van der Waals surface area (Å²) in [4.78, 5) is 6.48. The number of hydrogen-bond acceptors (Lipinski definition) is 4. The molecule has 0 spiro atoms. The first-order chi connectivity index (χ1) is 8.63. The lowest BCUT2D eigenvalue weighted by Gasteiger charge is -2.20. The Labute approximate surface area is 110 Å². The Hall–Kier alpha value is -1.29. The number of likely N-dealkylation sites (N-methyl/N-ethyl adjacent to an activating group) is 1. The molecule has 1 aromatic rings. The van der Waals surface area contributed by atoms with E-state index in [-0.39, 0.29) is 6.10 Å². The van der Waals surface area contributed by atoms with Gasteiger partial charge in [0.25, 0.3) is 0 Å². The third kappa shape index (κ3) is 5.36. The molecule has 0 aliphatic heterocycles. The minimum atomic E-state index is 0.289. The molecule has 1 heterocycles. The second kappa shape index (κ2) is 7.93. The van der Waals surface area contributed by atoms with Crippen LogP contribution in [0.25, 0.3) is 0 Å². The number of ether oxygens (including phenoxy) is 1. The van der Waals surface area contributed by atoms with Crippen molar-refractivity contribution in [1.29, 1.82) is 0 Å². The average molecular weight is 251 g/mol. The van der Waals surface area contributed by atoms with E-state index in [9.17, 15) is 0 Å². The molecule has 4 heteroatoms. The number of pyridine rings is 1. The monoisotopic (exact) mass is 251 g/mol. The van der Waals surface area contributed by atoms with Gasteiger partial charge in [-0.05, 0) is 26.3 Å². The molecule has 1 rings (SSSR count). The highest BCUT2D eigenvalue weighted by molar-refractivity contribution is 5.53. The number of anilines is 2. The summed E-state index contributed by atoms with van der Waals surface area (Å²) in [5, 5.41) is 3.29. The highest BCUT2D eigenvalue weighted by atomic mass is 16.5. The van der Waals surface area contributed by atoms with Crippen molar-refractivity contribution in [3.63, 3.8) is 0 Å². The van der Waals surface area contributed by atoms with Crippen molar-refractivity contribution < 1.29 is 4.74 Å². The van der Waals surface area contributed by atoms with Crippen LogP contribution in [0.4, 0.5) is 11.5 Å². The van der Waals surface area contributed by atoms with E-state index in [4.69, 9.17) is 4.74 Å². The minimum Gasteiger partial charge on any atom is -0.377 e. The van der Waals surface area contributed by atoms with Crippen LogP contribution in [0, 0.1) is 0 Å². The van der Waals surface area contributed by atoms with Gasteiger partial charge in [-0.15, -0.1) is 0 Å². The molecule has 0 amide bonds. The molecule has 102 valence electrons. The first-order valence-electron chi connectivity index (χ1n) is 6.66. The van der Waals surface area contributed by atoms with Gasteiger partial charge in [0.2, 0.25) is 0 Å². The molecule has 1 aromatic heterocycles. The van der Waals surface area contributed by atoms with Gasteiger partial charge in [0.1, 0.15) is 5.82 Å². The van der Waals surface area contributed by atoms with Crippen molar-refractivity contribution in [3.05, 3.63) is 18.3 Å². The van der Waals surface area contributed by atoms with Crippen molar-refractivity contribution in [1.82, 2.24) is 4.98 Å². The number of rotatable bonds is 8. The van der Waals surface area contributed by atoms with E-state index in [1.54, 1.807) is 0 Å². The van der Waals surface area contributed by atoms with Crippen LogP contribution in [0.5, 0.6) is 0 Å². The van der Waals surface area contributed by atoms with Crippen LogP contribution in [-0.2, 0) is 4.74 Å². The molecule has 0 saturated heterocycles. The van der Waals surface area contributed by atoms with Crippen molar-refractivity contribution in [2.24, 2.45) is 0 Å². The van der Waals surface area contributed by atoms with Crippen LogP contribution in [0.2, 0.25) is 0 Å². The number of nitrogens with one attached hydrogen (secondary N) is 1. The Morgan fingerprint density at radius 3 is 2.89 bits per heavy atom. The predicted octanol–water partition coefficient (Wildman–Crippen LogP) is 2.76. The molecular formula is C14H25N3O. The molecule has 0 atom stereocenters. The van der Waals surface area contributed by atoms with Gasteiger partial charge in [-0.1, -0.05) is 6.92 Å². The lowest BCUT2D eigenvalue weighted by molar-refractivity contribution is 0.0846. The quantitative estimate of drug-likeness (QED) is 0.771. The molecule has 1 N–H and O–H groups in total. The Balaban J connectivity index is 2.48. The minimum absolute atomic E-state index is 0.289. The smallest absolute Gasteiger partial charge is 0.127 e. The Bertz CT molecular complexity index is 342. The van der Waals surface area contributed by atoms with Crippen LogP contribution in [0.3, 0.4) is 0 Å². The van der Waals surface area contributed by atoms with Gasteiger partial charge < -0.3 is 15.0 Å². The highest BCUT2D eigenvalue weighted by Gasteiger charge is 2.03. The lowest BCUT2D eigenvalue weighted by Crippen LogP contribution is -2.24. The highest BCUT2D eigenvalue weighted by Crippen LogP contribution is 2.15. The van der Waals surface area contributed by atoms with E-state index in [0.29, 0.717) is 0 Å². The van der Waals surface area contributed by atoms with E-state index < -0.39 is 0 Å². The molecule has 4 nitrogen and oxygen atoms in total. The fourth-order valence-electron chi connectivity index (χ4n) is 1.56. The van der Waals surface area contributed by atoms with Gasteiger partial charge in [0.05, 0.1) is 12.7 Å². The maximum Gasteiger partial charge on any atom is 0.127 e. The molecule has 0 aliphatic rings. The molecule has 0 fully saturated rings. The van der Waals surface area contributed by atoms with Gasteiger partial charge in [-0.3, -0.25) is 0 Å². The van der Waals surface area contributed by atoms with E-state index in [1.165, 1.54) is 0 Å². The third-order valence-corrected chi connectivity index (χ3v) is 2.62. The van der Waals surface area contributed by atoms with Crippen LogP contribution >= 0.6 is 0 Å². The van der Waals surface area contributed by atoms with Crippen LogP contribution < -0.4 is 10.2 Å². The summed E-state index contributed by atoms with van der Waals surface area (Å²) in [5.74, 6) is 0.936. The summed E-state index contributed by atoms with van der Waals surface area (Å²) in [6.45, 7) is 8.84. The number of nitrogens with zero attached hydrogens (tertiary/aromatic N) is 2. The maximum absolute atomic E-state index is 5.56. The fourth-order valence-corrected chi connectivity index (χ4v) is 1.56. The van der Waals surface area contributed by atoms with Crippen LogP contribution in [0.15, 0.2) is 18.3 Å². The fraction of sp³-hybridized carbons (Fsp3) is 0.643. The summed E-state index contributed by atoms with van der Waals surface area (Å²) in [6, 6.07) is 4.09. The van der Waals surface area contributed by atoms with Gasteiger partial charge >= 0.3 is 0 Å². The maximum atomic E-state index is 5.56. The molecule has 0 radical (unpaired) electrons. The van der Waals surface area contributed by atoms with Crippen molar-refractivity contribution in [2.75, 3.05) is 37.0 Å². The van der Waals surface area contributed by atoms with Crippen LogP contribution in [0.1, 0.15) is 27.2 Å².